The second-order valence-electron chi connectivity index (χ2n) is 8.18. The van der Waals surface area contributed by atoms with Crippen LogP contribution < -0.4 is 5.32 Å². The van der Waals surface area contributed by atoms with Gasteiger partial charge in [0.1, 0.15) is 5.65 Å². The molecule has 7 nitrogen and oxygen atoms in total. The number of fused-ring (bicyclic) bond motifs is 2. The largest absolute Gasteiger partial charge is 0.411 e. The summed E-state index contributed by atoms with van der Waals surface area (Å²) >= 11 is 1.64. The molecular weight excluding hydrogens is 410 g/mol. The van der Waals surface area contributed by atoms with Gasteiger partial charge in [-0.25, -0.2) is 9.97 Å². The minimum absolute atomic E-state index is 0.0938. The molecule has 4 aromatic rings. The van der Waals surface area contributed by atoms with Crippen molar-refractivity contribution in [3.63, 3.8) is 0 Å². The second-order valence-corrected chi connectivity index (χ2v) is 9.21. The molecule has 0 amide bonds. The lowest BCUT2D eigenvalue weighted by molar-refractivity contribution is 0.116. The number of benzene rings is 1. The minimum atomic E-state index is -0.292. The Hall–Kier alpha value is -2.97. The summed E-state index contributed by atoms with van der Waals surface area (Å²) in [7, 11) is 0. The molecule has 0 unspecified atom stereocenters. The van der Waals surface area contributed by atoms with Crippen LogP contribution in [0, 0.1) is 0 Å². The van der Waals surface area contributed by atoms with E-state index >= 15 is 0 Å². The molecule has 0 saturated heterocycles. The van der Waals surface area contributed by atoms with Crippen molar-refractivity contribution >= 4 is 38.0 Å². The van der Waals surface area contributed by atoms with Crippen LogP contribution in [0.15, 0.2) is 47.9 Å². The van der Waals surface area contributed by atoms with E-state index in [4.69, 9.17) is 10.2 Å². The summed E-state index contributed by atoms with van der Waals surface area (Å²) in [5, 5.41) is 26.8. The molecule has 1 saturated carbocycles. The summed E-state index contributed by atoms with van der Waals surface area (Å²) in [6.45, 7) is 1.76. The van der Waals surface area contributed by atoms with E-state index < -0.39 is 0 Å². The van der Waals surface area contributed by atoms with Crippen LogP contribution in [0.5, 0.6) is 0 Å². The Kier molecular flexibility index (Phi) is 5.33. The number of nitrogens with zero attached hydrogens (tertiary/aromatic N) is 4. The molecule has 8 heteroatoms. The number of pyridine rings is 1. The monoisotopic (exact) mass is 435 g/mol. The van der Waals surface area contributed by atoms with E-state index in [0.717, 1.165) is 64.4 Å². The molecule has 160 valence electrons. The highest BCUT2D eigenvalue weighted by molar-refractivity contribution is 7.22. The fourth-order valence-electron chi connectivity index (χ4n) is 4.23. The number of hydrogen-bond donors (Lipinski definition) is 3. The van der Waals surface area contributed by atoms with Crippen molar-refractivity contribution in [1.82, 2.24) is 14.4 Å². The maximum Gasteiger partial charge on any atom is 0.184 e. The molecular formula is C23H25N5O2S. The third-order valence-electron chi connectivity index (χ3n) is 6.03. The highest BCUT2D eigenvalue weighted by atomic mass is 32.1. The topological polar surface area (TPSA) is 95.0 Å². The van der Waals surface area contributed by atoms with Gasteiger partial charge in [-0.05, 0) is 49.6 Å². The average molecular weight is 436 g/mol. The Bertz CT molecular complexity index is 1260. The number of imidazole rings is 1. The van der Waals surface area contributed by atoms with Crippen molar-refractivity contribution in [3.05, 3.63) is 59.5 Å². The predicted molar refractivity (Wildman–Crippen MR) is 124 cm³/mol. The molecule has 3 aromatic heterocycles. The molecule has 1 aliphatic rings. The van der Waals surface area contributed by atoms with Crippen molar-refractivity contribution in [2.45, 2.75) is 51.2 Å². The van der Waals surface area contributed by atoms with E-state index in [0.29, 0.717) is 5.71 Å². The molecule has 2 atom stereocenters. The third kappa shape index (κ3) is 4.00. The molecule has 31 heavy (non-hydrogen) atoms. The fourth-order valence-corrected chi connectivity index (χ4v) is 5.23. The van der Waals surface area contributed by atoms with Crippen LogP contribution in [0.1, 0.15) is 49.4 Å². The van der Waals surface area contributed by atoms with Gasteiger partial charge in [0.2, 0.25) is 0 Å². The van der Waals surface area contributed by atoms with Crippen LogP contribution >= 0.6 is 11.3 Å². The summed E-state index contributed by atoms with van der Waals surface area (Å²) in [6.07, 6.45) is 8.41. The highest BCUT2D eigenvalue weighted by Crippen LogP contribution is 2.30. The van der Waals surface area contributed by atoms with Crippen LogP contribution in [-0.2, 0) is 6.42 Å². The maximum absolute atomic E-state index is 10.2. The van der Waals surface area contributed by atoms with Gasteiger partial charge in [-0.1, -0.05) is 35.4 Å². The van der Waals surface area contributed by atoms with Gasteiger partial charge in [-0.15, -0.1) is 0 Å². The summed E-state index contributed by atoms with van der Waals surface area (Å²) < 4.78 is 3.19. The van der Waals surface area contributed by atoms with Crippen LogP contribution in [0.4, 0.5) is 5.13 Å². The summed E-state index contributed by atoms with van der Waals surface area (Å²) in [6, 6.07) is 10.3. The first-order valence-corrected chi connectivity index (χ1v) is 11.4. The molecule has 1 aromatic carbocycles. The fraction of sp³-hybridized carbons (Fsp3) is 0.348. The maximum atomic E-state index is 10.2. The predicted octanol–water partition coefficient (Wildman–Crippen LogP) is 4.45. The number of rotatable bonds is 5. The highest BCUT2D eigenvalue weighted by Gasteiger charge is 2.23. The summed E-state index contributed by atoms with van der Waals surface area (Å²) in [4.78, 5) is 9.22. The van der Waals surface area contributed by atoms with E-state index in [1.165, 1.54) is 5.56 Å². The zero-order valence-corrected chi connectivity index (χ0v) is 18.1. The van der Waals surface area contributed by atoms with Gasteiger partial charge in [0.15, 0.2) is 5.13 Å². The van der Waals surface area contributed by atoms with Crippen molar-refractivity contribution in [1.29, 1.82) is 0 Å². The van der Waals surface area contributed by atoms with Gasteiger partial charge >= 0.3 is 0 Å². The first-order valence-electron chi connectivity index (χ1n) is 10.6. The lowest BCUT2D eigenvalue weighted by Crippen LogP contribution is -2.36. The van der Waals surface area contributed by atoms with E-state index in [-0.39, 0.29) is 12.1 Å². The van der Waals surface area contributed by atoms with E-state index in [2.05, 4.69) is 38.1 Å². The number of thiazole rings is 1. The molecule has 1 aliphatic carbocycles. The zero-order valence-electron chi connectivity index (χ0n) is 17.3. The first kappa shape index (κ1) is 20.0. The number of hydrogen-bond acceptors (Lipinski definition) is 7. The smallest absolute Gasteiger partial charge is 0.184 e. The molecule has 0 spiro atoms. The van der Waals surface area contributed by atoms with Crippen molar-refractivity contribution in [2.24, 2.45) is 5.16 Å². The Labute approximate surface area is 184 Å². The van der Waals surface area contributed by atoms with Crippen LogP contribution in [0.2, 0.25) is 0 Å². The van der Waals surface area contributed by atoms with Gasteiger partial charge < -0.3 is 20.0 Å². The number of nitrogens with one attached hydrogen (secondary N) is 1. The Morgan fingerprint density at radius 2 is 2.13 bits per heavy atom. The standard InChI is InChI=1S/C23H25N5O2S/c1-14(27-30)16-8-9-28-17(13-24-22(28)12-16)10-15-6-7-19-21(11-15)31-23(26-19)25-18-4-2-3-5-20(18)29/h6-9,11-13,18,20,29-30H,2-5,10H2,1H3,(H,25,26)/b27-14+/t18-,20-/m1/s1. The van der Waals surface area contributed by atoms with E-state index in [1.807, 2.05) is 24.5 Å². The number of aliphatic hydroxyl groups excluding tert-OH is 1. The molecule has 0 bridgehead atoms. The Morgan fingerprint density at radius 3 is 2.97 bits per heavy atom. The first-order chi connectivity index (χ1) is 15.1. The van der Waals surface area contributed by atoms with Crippen molar-refractivity contribution in [3.8, 4) is 0 Å². The van der Waals surface area contributed by atoms with Gasteiger partial charge in [-0.3, -0.25) is 0 Å². The van der Waals surface area contributed by atoms with E-state index in [9.17, 15) is 5.11 Å². The second kappa shape index (κ2) is 8.28. The quantitative estimate of drug-likeness (QED) is 0.245. The number of aliphatic hydroxyl groups is 1. The SMILES string of the molecule is C/C(=N\O)c1ccn2c(Cc3ccc4nc(N[C@@H]5CCCC[C@H]5O)sc4c3)cnc2c1. The van der Waals surface area contributed by atoms with Gasteiger partial charge in [0.25, 0.3) is 0 Å². The normalized spacial score (nSPS) is 19.9. The average Bonchev–Trinajstić information content (AvgIpc) is 3.37. The van der Waals surface area contributed by atoms with Gasteiger partial charge in [0, 0.05) is 30.1 Å². The molecule has 5 rings (SSSR count). The van der Waals surface area contributed by atoms with Crippen LogP contribution in [0.3, 0.4) is 0 Å². The van der Waals surface area contributed by atoms with E-state index in [1.54, 1.807) is 18.3 Å². The Balaban J connectivity index is 1.37. The van der Waals surface area contributed by atoms with Crippen molar-refractivity contribution < 1.29 is 10.3 Å². The summed E-state index contributed by atoms with van der Waals surface area (Å²) in [5.74, 6) is 0. The lowest BCUT2D eigenvalue weighted by atomic mass is 9.93. The number of oxime groups is 1. The van der Waals surface area contributed by atoms with Crippen LogP contribution in [-0.4, -0.2) is 42.5 Å². The lowest BCUT2D eigenvalue weighted by Gasteiger charge is -2.27. The molecule has 0 aliphatic heterocycles. The minimum Gasteiger partial charge on any atom is -0.411 e. The van der Waals surface area contributed by atoms with Crippen LogP contribution in [0.25, 0.3) is 15.9 Å². The molecule has 0 radical (unpaired) electrons. The summed E-state index contributed by atoms with van der Waals surface area (Å²) in [5.41, 5.74) is 5.50. The Morgan fingerprint density at radius 1 is 1.26 bits per heavy atom. The zero-order chi connectivity index (χ0) is 21.4. The van der Waals surface area contributed by atoms with Gasteiger partial charge in [-0.2, -0.15) is 0 Å². The number of anilines is 1. The molecule has 3 heterocycles. The molecule has 1 fully saturated rings. The van der Waals surface area contributed by atoms with Crippen molar-refractivity contribution in [2.75, 3.05) is 5.32 Å². The third-order valence-corrected chi connectivity index (χ3v) is 6.98. The van der Waals surface area contributed by atoms with Gasteiger partial charge in [0.05, 0.1) is 28.1 Å². The number of aromatic nitrogens is 3. The molecule has 3 N–H and O–H groups in total.